The molecular weight excluding hydrogens is 410 g/mol. The van der Waals surface area contributed by atoms with Crippen LogP contribution in [0.3, 0.4) is 0 Å². The van der Waals surface area contributed by atoms with E-state index < -0.39 is 5.92 Å². The minimum atomic E-state index is -0.443. The number of fused-ring (bicyclic) bond motifs is 1. The molecule has 3 amide bonds. The maximum atomic E-state index is 12.4. The zero-order valence-corrected chi connectivity index (χ0v) is 16.8. The Hall–Kier alpha value is -3.26. The highest BCUT2D eigenvalue weighted by atomic mass is 35.5. The number of amides is 3. The van der Waals surface area contributed by atoms with Gasteiger partial charge < -0.3 is 25.0 Å². The van der Waals surface area contributed by atoms with Crippen LogP contribution in [0.25, 0.3) is 0 Å². The molecule has 9 heteroatoms. The minimum absolute atomic E-state index is 0.117. The molecule has 2 aromatic carbocycles. The van der Waals surface area contributed by atoms with Crippen LogP contribution in [0.1, 0.15) is 16.8 Å². The van der Waals surface area contributed by atoms with E-state index >= 15 is 0 Å². The number of benzene rings is 2. The van der Waals surface area contributed by atoms with Gasteiger partial charge in [-0.2, -0.15) is 0 Å². The summed E-state index contributed by atoms with van der Waals surface area (Å²) < 4.78 is 10.5. The Bertz CT molecular complexity index is 996. The van der Waals surface area contributed by atoms with Gasteiger partial charge in [-0.15, -0.1) is 0 Å². The monoisotopic (exact) mass is 429 g/mol. The van der Waals surface area contributed by atoms with Gasteiger partial charge in [-0.1, -0.05) is 17.7 Å². The Morgan fingerprint density at radius 3 is 2.70 bits per heavy atom. The summed E-state index contributed by atoms with van der Waals surface area (Å²) in [6.45, 7) is 0.966. The number of hydrogen-bond acceptors (Lipinski definition) is 5. The average Bonchev–Trinajstić information content (AvgIpc) is 3.36. The van der Waals surface area contributed by atoms with Crippen LogP contribution < -0.4 is 25.0 Å². The maximum Gasteiger partial charge on any atom is 0.251 e. The van der Waals surface area contributed by atoms with E-state index in [9.17, 15) is 14.4 Å². The minimum Gasteiger partial charge on any atom is -0.454 e. The van der Waals surface area contributed by atoms with Gasteiger partial charge in [-0.05, 0) is 36.4 Å². The van der Waals surface area contributed by atoms with Crippen molar-refractivity contribution in [2.45, 2.75) is 6.42 Å². The molecule has 2 aromatic rings. The fraction of sp³-hybridized carbons (Fsp3) is 0.286. The lowest BCUT2D eigenvalue weighted by Gasteiger charge is -2.17. The normalized spacial score (nSPS) is 17.2. The summed E-state index contributed by atoms with van der Waals surface area (Å²) in [7, 11) is 0. The molecule has 0 radical (unpaired) electrons. The van der Waals surface area contributed by atoms with Crippen LogP contribution in [-0.2, 0) is 9.59 Å². The van der Waals surface area contributed by atoms with Gasteiger partial charge in [0.05, 0.1) is 5.92 Å². The predicted molar refractivity (Wildman–Crippen MR) is 110 cm³/mol. The zero-order chi connectivity index (χ0) is 21.1. The zero-order valence-electron chi connectivity index (χ0n) is 16.0. The summed E-state index contributed by atoms with van der Waals surface area (Å²) >= 11 is 5.99. The number of carbonyl (C=O) groups is 3. The number of ether oxygens (including phenoxy) is 2. The van der Waals surface area contributed by atoms with Gasteiger partial charge in [0, 0.05) is 42.3 Å². The molecule has 0 saturated carbocycles. The maximum absolute atomic E-state index is 12.4. The topological polar surface area (TPSA) is 97.0 Å². The van der Waals surface area contributed by atoms with Gasteiger partial charge in [0.15, 0.2) is 11.5 Å². The third-order valence-corrected chi connectivity index (χ3v) is 5.20. The first-order chi connectivity index (χ1) is 14.5. The summed E-state index contributed by atoms with van der Waals surface area (Å²) in [4.78, 5) is 38.5. The third kappa shape index (κ3) is 4.33. The molecule has 1 fully saturated rings. The summed E-state index contributed by atoms with van der Waals surface area (Å²) in [6, 6.07) is 11.9. The highest BCUT2D eigenvalue weighted by molar-refractivity contribution is 6.31. The molecule has 1 atom stereocenters. The van der Waals surface area contributed by atoms with E-state index in [-0.39, 0.29) is 44.0 Å². The van der Waals surface area contributed by atoms with Crippen molar-refractivity contribution in [2.24, 2.45) is 5.92 Å². The number of rotatable bonds is 6. The van der Waals surface area contributed by atoms with E-state index in [1.54, 1.807) is 47.4 Å². The van der Waals surface area contributed by atoms with E-state index in [1.807, 2.05) is 0 Å². The molecule has 2 heterocycles. The first-order valence-corrected chi connectivity index (χ1v) is 9.90. The molecule has 2 aliphatic heterocycles. The summed E-state index contributed by atoms with van der Waals surface area (Å²) in [5, 5.41) is 6.05. The van der Waals surface area contributed by atoms with Crippen molar-refractivity contribution in [3.05, 3.63) is 53.1 Å². The number of anilines is 1. The summed E-state index contributed by atoms with van der Waals surface area (Å²) in [6.07, 6.45) is 0.141. The van der Waals surface area contributed by atoms with E-state index in [4.69, 9.17) is 21.1 Å². The van der Waals surface area contributed by atoms with Crippen LogP contribution in [0.2, 0.25) is 5.02 Å². The lowest BCUT2D eigenvalue weighted by atomic mass is 10.1. The molecule has 1 saturated heterocycles. The molecule has 8 nitrogen and oxygen atoms in total. The molecule has 0 aliphatic carbocycles. The average molecular weight is 430 g/mol. The molecule has 2 aliphatic rings. The Morgan fingerprint density at radius 2 is 1.87 bits per heavy atom. The second-order valence-corrected chi connectivity index (χ2v) is 7.44. The van der Waals surface area contributed by atoms with Gasteiger partial charge >= 0.3 is 0 Å². The number of carbonyl (C=O) groups excluding carboxylic acids is 3. The van der Waals surface area contributed by atoms with Gasteiger partial charge in [0.1, 0.15) is 0 Å². The molecule has 156 valence electrons. The number of nitrogens with zero attached hydrogens (tertiary/aromatic N) is 1. The first-order valence-electron chi connectivity index (χ1n) is 9.53. The summed E-state index contributed by atoms with van der Waals surface area (Å²) in [5.41, 5.74) is 1.13. The molecule has 2 N–H and O–H groups in total. The van der Waals surface area contributed by atoms with Crippen molar-refractivity contribution in [1.82, 2.24) is 10.6 Å². The van der Waals surface area contributed by atoms with E-state index in [0.717, 1.165) is 0 Å². The molecule has 0 bridgehead atoms. The van der Waals surface area contributed by atoms with Gasteiger partial charge in [0.2, 0.25) is 18.6 Å². The Balaban J connectivity index is 1.23. The number of nitrogens with one attached hydrogen (secondary N) is 2. The highest BCUT2D eigenvalue weighted by Gasteiger charge is 2.35. The van der Waals surface area contributed by atoms with Gasteiger partial charge in [-0.25, -0.2) is 0 Å². The molecular formula is C21H20ClN3O5. The fourth-order valence-corrected chi connectivity index (χ4v) is 3.61. The van der Waals surface area contributed by atoms with Crippen molar-refractivity contribution in [2.75, 3.05) is 31.3 Å². The lowest BCUT2D eigenvalue weighted by Crippen LogP contribution is -2.38. The van der Waals surface area contributed by atoms with Crippen molar-refractivity contribution >= 4 is 35.0 Å². The molecule has 1 unspecified atom stereocenters. The number of hydrogen-bond donors (Lipinski definition) is 2. The summed E-state index contributed by atoms with van der Waals surface area (Å²) in [5.74, 6) is 0.0911. The lowest BCUT2D eigenvalue weighted by molar-refractivity contribution is -0.126. The standard InChI is InChI=1S/C21H20ClN3O5/c22-15-2-1-3-16(10-15)25-11-14(9-19(25)26)21(28)24-7-6-23-20(27)13-4-5-17-18(8-13)30-12-29-17/h1-5,8,10,14H,6-7,9,11-12H2,(H,23,27)(H,24,28). The Kier molecular flexibility index (Phi) is 5.76. The second-order valence-electron chi connectivity index (χ2n) is 7.00. The Labute approximate surface area is 178 Å². The van der Waals surface area contributed by atoms with Crippen LogP contribution in [-0.4, -0.2) is 44.1 Å². The van der Waals surface area contributed by atoms with Crippen LogP contribution >= 0.6 is 11.6 Å². The number of halogens is 1. The van der Waals surface area contributed by atoms with Gasteiger partial charge in [0.25, 0.3) is 5.91 Å². The quantitative estimate of drug-likeness (QED) is 0.684. The molecule has 4 rings (SSSR count). The van der Waals surface area contributed by atoms with E-state index in [2.05, 4.69) is 10.6 Å². The predicted octanol–water partition coefficient (Wildman–Crippen LogP) is 1.97. The molecule has 0 aromatic heterocycles. The van der Waals surface area contributed by atoms with Crippen molar-refractivity contribution < 1.29 is 23.9 Å². The van der Waals surface area contributed by atoms with Crippen molar-refractivity contribution in [1.29, 1.82) is 0 Å². The van der Waals surface area contributed by atoms with E-state index in [0.29, 0.717) is 34.3 Å². The fourth-order valence-electron chi connectivity index (χ4n) is 3.42. The van der Waals surface area contributed by atoms with E-state index in [1.165, 1.54) is 0 Å². The third-order valence-electron chi connectivity index (χ3n) is 4.96. The second kappa shape index (κ2) is 8.62. The van der Waals surface area contributed by atoms with Crippen LogP contribution in [0.5, 0.6) is 11.5 Å². The smallest absolute Gasteiger partial charge is 0.251 e. The van der Waals surface area contributed by atoms with Gasteiger partial charge in [-0.3, -0.25) is 14.4 Å². The molecule has 0 spiro atoms. The van der Waals surface area contributed by atoms with Crippen LogP contribution in [0, 0.1) is 5.92 Å². The van der Waals surface area contributed by atoms with Crippen molar-refractivity contribution in [3.63, 3.8) is 0 Å². The SMILES string of the molecule is O=C(NCCNC(=O)C1CC(=O)N(c2cccc(Cl)c2)C1)c1ccc2c(c1)OCO2. The molecule has 30 heavy (non-hydrogen) atoms. The van der Waals surface area contributed by atoms with Crippen LogP contribution in [0.15, 0.2) is 42.5 Å². The van der Waals surface area contributed by atoms with Crippen LogP contribution in [0.4, 0.5) is 5.69 Å². The van der Waals surface area contributed by atoms with Crippen molar-refractivity contribution in [3.8, 4) is 11.5 Å². The first kappa shape index (κ1) is 20.0. The Morgan fingerprint density at radius 1 is 1.07 bits per heavy atom. The largest absolute Gasteiger partial charge is 0.454 e. The highest BCUT2D eigenvalue weighted by Crippen LogP contribution is 2.32.